The van der Waals surface area contributed by atoms with E-state index in [1.54, 1.807) is 30.3 Å². The van der Waals surface area contributed by atoms with Crippen LogP contribution in [0.1, 0.15) is 41.4 Å². The Morgan fingerprint density at radius 3 is 2.60 bits per heavy atom. The largest absolute Gasteiger partial charge is 0.496 e. The number of carbonyl (C=O) groups is 1. The third-order valence-corrected chi connectivity index (χ3v) is 5.96. The monoisotopic (exact) mass is 417 g/mol. The average molecular weight is 418 g/mol. The Bertz CT molecular complexity index is 1170. The molecule has 0 aliphatic carbocycles. The molecule has 30 heavy (non-hydrogen) atoms. The first-order valence-electron chi connectivity index (χ1n) is 9.82. The number of carbonyl (C=O) groups excluding carboxylic acids is 1. The molecule has 2 aromatic heterocycles. The quantitative estimate of drug-likeness (QED) is 0.406. The number of aromatic nitrogens is 2. The van der Waals surface area contributed by atoms with Gasteiger partial charge in [-0.3, -0.25) is 14.7 Å². The molecule has 0 saturated carbocycles. The van der Waals surface area contributed by atoms with E-state index < -0.39 is 0 Å². The van der Waals surface area contributed by atoms with Gasteiger partial charge in [0.15, 0.2) is 5.13 Å². The molecule has 152 valence electrons. The van der Waals surface area contributed by atoms with Gasteiger partial charge in [0.1, 0.15) is 5.75 Å². The summed E-state index contributed by atoms with van der Waals surface area (Å²) < 4.78 is 6.50. The second kappa shape index (κ2) is 8.63. The van der Waals surface area contributed by atoms with Crippen LogP contribution in [0.15, 0.2) is 66.9 Å². The molecule has 2 aromatic carbocycles. The van der Waals surface area contributed by atoms with Gasteiger partial charge < -0.3 is 4.74 Å². The number of hydrogen-bond donors (Lipinski definition) is 0. The summed E-state index contributed by atoms with van der Waals surface area (Å²) in [6.07, 6.45) is 1.73. The van der Waals surface area contributed by atoms with E-state index in [4.69, 9.17) is 9.72 Å². The SMILES string of the molecule is COc1ccccc1C(=O)N(Cc1ccccn1)c1nc2c(C(C)C)cccc2s1. The Morgan fingerprint density at radius 2 is 1.87 bits per heavy atom. The second-order valence-corrected chi connectivity index (χ2v) is 8.27. The first-order chi connectivity index (χ1) is 14.6. The number of ether oxygens (including phenoxy) is 1. The molecule has 0 N–H and O–H groups in total. The molecule has 0 atom stereocenters. The van der Waals surface area contributed by atoms with Crippen LogP contribution in [0, 0.1) is 0 Å². The van der Waals surface area contributed by atoms with Gasteiger partial charge in [0.2, 0.25) is 0 Å². The van der Waals surface area contributed by atoms with E-state index in [1.165, 1.54) is 16.9 Å². The van der Waals surface area contributed by atoms with Gasteiger partial charge in [-0.05, 0) is 41.8 Å². The van der Waals surface area contributed by atoms with Crippen LogP contribution in [0.2, 0.25) is 0 Å². The van der Waals surface area contributed by atoms with E-state index in [2.05, 4.69) is 31.0 Å². The lowest BCUT2D eigenvalue weighted by Gasteiger charge is -2.20. The Labute approximate surface area is 180 Å². The van der Waals surface area contributed by atoms with Gasteiger partial charge >= 0.3 is 0 Å². The molecule has 6 heteroatoms. The van der Waals surface area contributed by atoms with Gasteiger partial charge in [-0.2, -0.15) is 0 Å². The van der Waals surface area contributed by atoms with Crippen LogP contribution in [0.4, 0.5) is 5.13 Å². The van der Waals surface area contributed by atoms with Crippen LogP contribution in [0.5, 0.6) is 5.75 Å². The van der Waals surface area contributed by atoms with Crippen LogP contribution in [-0.4, -0.2) is 23.0 Å². The van der Waals surface area contributed by atoms with E-state index in [-0.39, 0.29) is 5.91 Å². The van der Waals surface area contributed by atoms with Crippen molar-refractivity contribution in [3.8, 4) is 5.75 Å². The molecule has 0 aliphatic heterocycles. The number of rotatable bonds is 6. The summed E-state index contributed by atoms with van der Waals surface area (Å²) in [5.74, 6) is 0.721. The van der Waals surface area contributed by atoms with Gasteiger partial charge in [-0.15, -0.1) is 0 Å². The fourth-order valence-corrected chi connectivity index (χ4v) is 4.38. The maximum absolute atomic E-state index is 13.6. The van der Waals surface area contributed by atoms with Crippen molar-refractivity contribution in [2.45, 2.75) is 26.3 Å². The molecule has 0 bridgehead atoms. The van der Waals surface area contributed by atoms with Crippen LogP contribution in [0.25, 0.3) is 10.2 Å². The van der Waals surface area contributed by atoms with Gasteiger partial charge in [0, 0.05) is 6.20 Å². The molecule has 1 amide bonds. The minimum Gasteiger partial charge on any atom is -0.496 e. The molecule has 0 spiro atoms. The summed E-state index contributed by atoms with van der Waals surface area (Å²) in [5.41, 5.74) is 3.42. The van der Waals surface area contributed by atoms with Crippen molar-refractivity contribution in [3.05, 3.63) is 83.7 Å². The molecule has 0 saturated heterocycles. The number of methoxy groups -OCH3 is 1. The van der Waals surface area contributed by atoms with Crippen molar-refractivity contribution in [2.24, 2.45) is 0 Å². The van der Waals surface area contributed by atoms with E-state index in [1.807, 2.05) is 36.4 Å². The lowest BCUT2D eigenvalue weighted by Crippen LogP contribution is -2.31. The molecular formula is C24H23N3O2S. The van der Waals surface area contributed by atoms with Crippen LogP contribution >= 0.6 is 11.3 Å². The zero-order valence-electron chi connectivity index (χ0n) is 17.2. The number of hydrogen-bond acceptors (Lipinski definition) is 5. The Kier molecular flexibility index (Phi) is 5.77. The number of thiazole rings is 1. The molecule has 4 rings (SSSR count). The summed E-state index contributed by atoms with van der Waals surface area (Å²) in [4.78, 5) is 24.6. The van der Waals surface area contributed by atoms with E-state index in [0.717, 1.165) is 15.9 Å². The highest BCUT2D eigenvalue weighted by Crippen LogP contribution is 2.35. The summed E-state index contributed by atoms with van der Waals surface area (Å²) >= 11 is 1.52. The van der Waals surface area contributed by atoms with Crippen molar-refractivity contribution in [3.63, 3.8) is 0 Å². The zero-order chi connectivity index (χ0) is 21.1. The molecule has 0 fully saturated rings. The highest BCUT2D eigenvalue weighted by atomic mass is 32.1. The summed E-state index contributed by atoms with van der Waals surface area (Å²) in [7, 11) is 1.57. The lowest BCUT2D eigenvalue weighted by atomic mass is 10.0. The first-order valence-corrected chi connectivity index (χ1v) is 10.6. The van der Waals surface area contributed by atoms with Gasteiger partial charge in [0.25, 0.3) is 5.91 Å². The van der Waals surface area contributed by atoms with Gasteiger partial charge in [0.05, 0.1) is 35.1 Å². The average Bonchev–Trinajstić information content (AvgIpc) is 3.21. The second-order valence-electron chi connectivity index (χ2n) is 7.26. The predicted molar refractivity (Wildman–Crippen MR) is 121 cm³/mol. The number of nitrogens with zero attached hydrogens (tertiary/aromatic N) is 3. The Balaban J connectivity index is 1.82. The molecule has 2 heterocycles. The highest BCUT2D eigenvalue weighted by Gasteiger charge is 2.25. The summed E-state index contributed by atoms with van der Waals surface area (Å²) in [6.45, 7) is 4.63. The fourth-order valence-electron chi connectivity index (χ4n) is 3.39. The van der Waals surface area contributed by atoms with E-state index in [0.29, 0.717) is 28.9 Å². The smallest absolute Gasteiger partial charge is 0.264 e. The fraction of sp³-hybridized carbons (Fsp3) is 0.208. The molecule has 4 aromatic rings. The predicted octanol–water partition coefficient (Wildman–Crippen LogP) is 5.67. The van der Waals surface area contributed by atoms with Crippen molar-refractivity contribution >= 4 is 32.6 Å². The van der Waals surface area contributed by atoms with Crippen molar-refractivity contribution < 1.29 is 9.53 Å². The number of anilines is 1. The lowest BCUT2D eigenvalue weighted by molar-refractivity contribution is 0.0982. The third kappa shape index (κ3) is 3.91. The maximum Gasteiger partial charge on any atom is 0.264 e. The van der Waals surface area contributed by atoms with Gasteiger partial charge in [-0.1, -0.05) is 55.5 Å². The van der Waals surface area contributed by atoms with E-state index >= 15 is 0 Å². The minimum absolute atomic E-state index is 0.164. The number of benzene rings is 2. The molecule has 0 aliphatic rings. The van der Waals surface area contributed by atoms with Crippen molar-refractivity contribution in [1.82, 2.24) is 9.97 Å². The van der Waals surface area contributed by atoms with Crippen molar-refractivity contribution in [2.75, 3.05) is 12.0 Å². The van der Waals surface area contributed by atoms with Crippen LogP contribution in [-0.2, 0) is 6.54 Å². The number of amides is 1. The van der Waals surface area contributed by atoms with Crippen LogP contribution in [0.3, 0.4) is 0 Å². The maximum atomic E-state index is 13.6. The number of para-hydroxylation sites is 2. The van der Waals surface area contributed by atoms with Gasteiger partial charge in [-0.25, -0.2) is 4.98 Å². The number of fused-ring (bicyclic) bond motifs is 1. The van der Waals surface area contributed by atoms with Crippen molar-refractivity contribution in [1.29, 1.82) is 0 Å². The minimum atomic E-state index is -0.164. The van der Waals surface area contributed by atoms with E-state index in [9.17, 15) is 4.79 Å². The highest BCUT2D eigenvalue weighted by molar-refractivity contribution is 7.22. The zero-order valence-corrected chi connectivity index (χ0v) is 18.0. The molecular weight excluding hydrogens is 394 g/mol. The molecule has 0 unspecified atom stereocenters. The van der Waals surface area contributed by atoms with Crippen LogP contribution < -0.4 is 9.64 Å². The number of pyridine rings is 1. The Morgan fingerprint density at radius 1 is 1.07 bits per heavy atom. The summed E-state index contributed by atoms with van der Waals surface area (Å²) in [6, 6.07) is 19.2. The standard InChI is InChI=1S/C24H23N3O2S/c1-16(2)18-11-8-13-21-22(18)26-24(30-21)27(15-17-9-6-7-14-25-17)23(28)19-10-4-5-12-20(19)29-3/h4-14,16H,15H2,1-3H3. The topological polar surface area (TPSA) is 55.3 Å². The first kappa shape index (κ1) is 20.0. The Hall–Kier alpha value is -3.25. The molecule has 5 nitrogen and oxygen atoms in total. The summed E-state index contributed by atoms with van der Waals surface area (Å²) in [5, 5.41) is 0.652. The molecule has 0 radical (unpaired) electrons. The normalized spacial score (nSPS) is 11.1. The third-order valence-electron chi connectivity index (χ3n) is 4.92.